The topological polar surface area (TPSA) is 15.3 Å². The summed E-state index contributed by atoms with van der Waals surface area (Å²) in [5.41, 5.74) is 0. The Morgan fingerprint density at radius 3 is 2.80 bits per heavy atom. The molecule has 0 amide bonds. The van der Waals surface area contributed by atoms with E-state index in [1.807, 2.05) is 11.8 Å². The molecule has 1 saturated heterocycles. The molecule has 3 heteroatoms. The first-order valence-electron chi connectivity index (χ1n) is 6.07. The molecule has 1 aliphatic rings. The minimum atomic E-state index is 0.743. The predicted molar refractivity (Wildman–Crippen MR) is 70.7 cm³/mol. The third kappa shape index (κ3) is 4.33. The largest absolute Gasteiger partial charge is 0.317 e. The summed E-state index contributed by atoms with van der Waals surface area (Å²) >= 11 is 1.97. The quantitative estimate of drug-likeness (QED) is 0.778. The van der Waals surface area contributed by atoms with Gasteiger partial charge in [0.05, 0.1) is 0 Å². The number of hydrogen-bond acceptors (Lipinski definition) is 3. The van der Waals surface area contributed by atoms with Crippen molar-refractivity contribution in [2.75, 3.05) is 32.1 Å². The summed E-state index contributed by atoms with van der Waals surface area (Å²) in [4.78, 5) is 2.66. The summed E-state index contributed by atoms with van der Waals surface area (Å²) in [6, 6.07) is 1.49. The van der Waals surface area contributed by atoms with Gasteiger partial charge in [-0.15, -0.1) is 0 Å². The normalized spacial score (nSPS) is 30.4. The van der Waals surface area contributed by atoms with E-state index in [9.17, 15) is 0 Å². The molecule has 0 bridgehead atoms. The highest BCUT2D eigenvalue weighted by atomic mass is 32.2. The maximum atomic E-state index is 3.40. The van der Waals surface area contributed by atoms with E-state index in [0.29, 0.717) is 0 Å². The number of thioether (sulfide) groups is 1. The molecule has 0 aromatic carbocycles. The van der Waals surface area contributed by atoms with Crippen LogP contribution in [-0.2, 0) is 0 Å². The van der Waals surface area contributed by atoms with Gasteiger partial charge >= 0.3 is 0 Å². The van der Waals surface area contributed by atoms with Crippen LogP contribution in [0.5, 0.6) is 0 Å². The van der Waals surface area contributed by atoms with Gasteiger partial charge in [0, 0.05) is 18.6 Å². The number of nitrogens with one attached hydrogen (secondary N) is 1. The van der Waals surface area contributed by atoms with Crippen LogP contribution in [0.25, 0.3) is 0 Å². The van der Waals surface area contributed by atoms with Crippen LogP contribution in [0.1, 0.15) is 26.7 Å². The molecule has 1 fully saturated rings. The zero-order chi connectivity index (χ0) is 11.3. The lowest BCUT2D eigenvalue weighted by atomic mass is 9.97. The van der Waals surface area contributed by atoms with Crippen LogP contribution in [0.15, 0.2) is 0 Å². The van der Waals surface area contributed by atoms with E-state index in [1.165, 1.54) is 31.7 Å². The van der Waals surface area contributed by atoms with Crippen molar-refractivity contribution < 1.29 is 0 Å². The van der Waals surface area contributed by atoms with Gasteiger partial charge in [0.2, 0.25) is 0 Å². The van der Waals surface area contributed by atoms with E-state index in [0.717, 1.165) is 18.0 Å². The van der Waals surface area contributed by atoms with Gasteiger partial charge < -0.3 is 10.2 Å². The fourth-order valence-corrected chi connectivity index (χ4v) is 3.17. The zero-order valence-corrected chi connectivity index (χ0v) is 11.4. The minimum Gasteiger partial charge on any atom is -0.317 e. The van der Waals surface area contributed by atoms with Crippen LogP contribution in [-0.4, -0.2) is 49.1 Å². The van der Waals surface area contributed by atoms with Gasteiger partial charge in [-0.3, -0.25) is 0 Å². The average Bonchev–Trinajstić information content (AvgIpc) is 2.21. The Morgan fingerprint density at radius 1 is 1.53 bits per heavy atom. The molecule has 0 aliphatic carbocycles. The fraction of sp³-hybridized carbons (Fsp3) is 1.00. The van der Waals surface area contributed by atoms with E-state index in [2.05, 4.69) is 37.4 Å². The standard InChI is InChI=1S/C12H26N2S/c1-10(9-15-4)8-14-6-5-12(13-3)7-11(14)2/h10-13H,5-9H2,1-4H3. The molecule has 0 aromatic rings. The maximum Gasteiger partial charge on any atom is 0.00910 e. The second kappa shape index (κ2) is 6.77. The average molecular weight is 230 g/mol. The monoisotopic (exact) mass is 230 g/mol. The van der Waals surface area contributed by atoms with Crippen LogP contribution in [0, 0.1) is 5.92 Å². The molecule has 0 radical (unpaired) electrons. The van der Waals surface area contributed by atoms with Gasteiger partial charge in [0.1, 0.15) is 0 Å². The zero-order valence-electron chi connectivity index (χ0n) is 10.6. The first-order valence-corrected chi connectivity index (χ1v) is 7.47. The van der Waals surface area contributed by atoms with Crippen molar-refractivity contribution >= 4 is 11.8 Å². The molecule has 3 unspecified atom stereocenters. The van der Waals surface area contributed by atoms with E-state index in [-0.39, 0.29) is 0 Å². The summed E-state index contributed by atoms with van der Waals surface area (Å²) in [6.07, 6.45) is 4.82. The Hall–Kier alpha value is 0.270. The molecule has 0 saturated carbocycles. The number of piperidine rings is 1. The second-order valence-electron chi connectivity index (χ2n) is 4.91. The molecule has 90 valence electrons. The van der Waals surface area contributed by atoms with Crippen molar-refractivity contribution in [3.63, 3.8) is 0 Å². The summed E-state index contributed by atoms with van der Waals surface area (Å²) < 4.78 is 0. The molecular formula is C12H26N2S. The molecule has 0 aromatic heterocycles. The highest BCUT2D eigenvalue weighted by Crippen LogP contribution is 2.19. The first kappa shape index (κ1) is 13.3. The smallest absolute Gasteiger partial charge is 0.00910 e. The summed E-state index contributed by atoms with van der Waals surface area (Å²) in [7, 11) is 2.09. The highest BCUT2D eigenvalue weighted by molar-refractivity contribution is 7.98. The van der Waals surface area contributed by atoms with Crippen LogP contribution in [0.2, 0.25) is 0 Å². The third-order valence-corrected chi connectivity index (χ3v) is 4.32. The van der Waals surface area contributed by atoms with E-state index in [4.69, 9.17) is 0 Å². The van der Waals surface area contributed by atoms with E-state index < -0.39 is 0 Å². The number of hydrogen-bond donors (Lipinski definition) is 1. The van der Waals surface area contributed by atoms with E-state index in [1.54, 1.807) is 0 Å². The minimum absolute atomic E-state index is 0.743. The molecule has 2 nitrogen and oxygen atoms in total. The van der Waals surface area contributed by atoms with Crippen molar-refractivity contribution in [1.82, 2.24) is 10.2 Å². The maximum absolute atomic E-state index is 3.40. The van der Waals surface area contributed by atoms with Crippen molar-refractivity contribution in [2.45, 2.75) is 38.8 Å². The molecular weight excluding hydrogens is 204 g/mol. The number of likely N-dealkylation sites (tertiary alicyclic amines) is 1. The molecule has 0 spiro atoms. The van der Waals surface area contributed by atoms with Crippen LogP contribution < -0.4 is 5.32 Å². The predicted octanol–water partition coefficient (Wildman–Crippen LogP) is 2.06. The van der Waals surface area contributed by atoms with Crippen LogP contribution in [0.4, 0.5) is 0 Å². The first-order chi connectivity index (χ1) is 7.17. The molecule has 1 N–H and O–H groups in total. The molecule has 1 rings (SSSR count). The third-order valence-electron chi connectivity index (χ3n) is 3.42. The van der Waals surface area contributed by atoms with Gasteiger partial charge in [0.15, 0.2) is 0 Å². The van der Waals surface area contributed by atoms with Gasteiger partial charge in [-0.1, -0.05) is 6.92 Å². The Morgan fingerprint density at radius 2 is 2.27 bits per heavy atom. The lowest BCUT2D eigenvalue weighted by Crippen LogP contribution is -2.48. The van der Waals surface area contributed by atoms with Gasteiger partial charge in [-0.2, -0.15) is 11.8 Å². The number of rotatable bonds is 5. The molecule has 3 atom stereocenters. The van der Waals surface area contributed by atoms with Crippen molar-refractivity contribution in [1.29, 1.82) is 0 Å². The fourth-order valence-electron chi connectivity index (χ4n) is 2.49. The van der Waals surface area contributed by atoms with Crippen molar-refractivity contribution in [2.24, 2.45) is 5.92 Å². The Bertz CT molecular complexity index is 175. The summed E-state index contributed by atoms with van der Waals surface area (Å²) in [5, 5.41) is 3.40. The van der Waals surface area contributed by atoms with Crippen LogP contribution in [0.3, 0.4) is 0 Å². The lowest BCUT2D eigenvalue weighted by molar-refractivity contribution is 0.125. The van der Waals surface area contributed by atoms with Crippen molar-refractivity contribution in [3.05, 3.63) is 0 Å². The van der Waals surface area contributed by atoms with Gasteiger partial charge in [-0.05, 0) is 51.3 Å². The Balaban J connectivity index is 2.31. The summed E-state index contributed by atoms with van der Waals surface area (Å²) in [5.74, 6) is 2.12. The van der Waals surface area contributed by atoms with Crippen molar-refractivity contribution in [3.8, 4) is 0 Å². The highest BCUT2D eigenvalue weighted by Gasteiger charge is 2.24. The van der Waals surface area contributed by atoms with E-state index >= 15 is 0 Å². The lowest BCUT2D eigenvalue weighted by Gasteiger charge is -2.38. The Labute approximate surface area is 99.2 Å². The molecule has 1 aliphatic heterocycles. The molecule has 15 heavy (non-hydrogen) atoms. The number of nitrogens with zero attached hydrogens (tertiary/aromatic N) is 1. The second-order valence-corrected chi connectivity index (χ2v) is 5.83. The molecule has 1 heterocycles. The van der Waals surface area contributed by atoms with Gasteiger partial charge in [-0.25, -0.2) is 0 Å². The van der Waals surface area contributed by atoms with Crippen LogP contribution >= 0.6 is 11.8 Å². The SMILES string of the molecule is CNC1CCN(CC(C)CSC)C(C)C1. The summed E-state index contributed by atoms with van der Waals surface area (Å²) in [6.45, 7) is 7.28. The van der Waals surface area contributed by atoms with Gasteiger partial charge in [0.25, 0.3) is 0 Å². The Kier molecular flexibility index (Phi) is 6.02.